The van der Waals surface area contributed by atoms with E-state index < -0.39 is 29.4 Å². The lowest BCUT2D eigenvalue weighted by atomic mass is 10.1. The summed E-state index contributed by atoms with van der Waals surface area (Å²) in [5.74, 6) is -1.18. The lowest BCUT2D eigenvalue weighted by molar-refractivity contribution is 0.0428. The van der Waals surface area contributed by atoms with Gasteiger partial charge in [0.05, 0.1) is 11.3 Å². The van der Waals surface area contributed by atoms with Crippen LogP contribution in [0.2, 0.25) is 0 Å². The second-order valence-electron chi connectivity index (χ2n) is 7.86. The molecule has 144 valence electrons. The topological polar surface area (TPSA) is 106 Å². The lowest BCUT2D eigenvalue weighted by Crippen LogP contribution is -2.44. The molecule has 0 atom stereocenters. The van der Waals surface area contributed by atoms with Crippen molar-refractivity contribution in [3.63, 3.8) is 0 Å². The van der Waals surface area contributed by atoms with Crippen LogP contribution in [0.25, 0.3) is 0 Å². The van der Waals surface area contributed by atoms with Crippen LogP contribution in [0, 0.1) is 13.8 Å². The Morgan fingerprint density at radius 2 is 1.38 bits per heavy atom. The summed E-state index contributed by atoms with van der Waals surface area (Å²) >= 11 is 0. The van der Waals surface area contributed by atoms with E-state index in [9.17, 15) is 19.5 Å². The van der Waals surface area contributed by atoms with Crippen molar-refractivity contribution in [3.8, 4) is 0 Å². The largest absolute Gasteiger partial charge is 0.478 e. The highest BCUT2D eigenvalue weighted by Gasteiger charge is 2.35. The molecule has 0 saturated heterocycles. The maximum atomic E-state index is 12.6. The number of carbonyl (C=O) groups is 3. The normalized spacial score (nSPS) is 11.7. The maximum Gasteiger partial charge on any atom is 0.425 e. The van der Waals surface area contributed by atoms with E-state index in [1.165, 1.54) is 13.0 Å². The summed E-state index contributed by atoms with van der Waals surface area (Å²) in [4.78, 5) is 41.3. The van der Waals surface area contributed by atoms with Crippen LogP contribution < -0.4 is 4.90 Å². The average Bonchev–Trinajstić information content (AvgIpc) is 2.37. The number of amides is 2. The first-order valence-electron chi connectivity index (χ1n) is 8.10. The van der Waals surface area contributed by atoms with Crippen molar-refractivity contribution >= 4 is 24.0 Å². The highest BCUT2D eigenvalue weighted by molar-refractivity contribution is 6.09. The van der Waals surface area contributed by atoms with E-state index >= 15 is 0 Å². The first kappa shape index (κ1) is 21.4. The Bertz CT molecular complexity index is 700. The van der Waals surface area contributed by atoms with E-state index in [-0.39, 0.29) is 17.1 Å². The molecule has 0 spiro atoms. The highest BCUT2D eigenvalue weighted by atomic mass is 16.6. The van der Waals surface area contributed by atoms with Crippen LogP contribution in [0.15, 0.2) is 6.07 Å². The number of ether oxygens (including phenoxy) is 2. The number of aryl methyl sites for hydroxylation is 2. The lowest BCUT2D eigenvalue weighted by Gasteiger charge is -2.29. The number of rotatable bonds is 2. The van der Waals surface area contributed by atoms with Gasteiger partial charge in [0.1, 0.15) is 11.2 Å². The number of carboxylic acid groups (broad SMARTS) is 1. The summed E-state index contributed by atoms with van der Waals surface area (Å²) < 4.78 is 10.6. The molecule has 0 bridgehead atoms. The first-order valence-corrected chi connectivity index (χ1v) is 8.10. The molecule has 1 rings (SSSR count). The Labute approximate surface area is 153 Å². The minimum atomic E-state index is -1.15. The molecule has 0 radical (unpaired) electrons. The molecule has 1 aromatic rings. The summed E-state index contributed by atoms with van der Waals surface area (Å²) in [7, 11) is 0. The fourth-order valence-corrected chi connectivity index (χ4v) is 2.00. The predicted molar refractivity (Wildman–Crippen MR) is 95.6 cm³/mol. The molecule has 0 aliphatic rings. The maximum absolute atomic E-state index is 12.6. The van der Waals surface area contributed by atoms with Gasteiger partial charge < -0.3 is 14.6 Å². The number of nitrogens with zero attached hydrogens (tertiary/aromatic N) is 2. The van der Waals surface area contributed by atoms with Crippen molar-refractivity contribution in [3.05, 3.63) is 22.9 Å². The van der Waals surface area contributed by atoms with Gasteiger partial charge >= 0.3 is 18.2 Å². The molecule has 0 fully saturated rings. The average molecular weight is 366 g/mol. The number of aromatic nitrogens is 1. The summed E-state index contributed by atoms with van der Waals surface area (Å²) in [5, 5.41) is 9.21. The quantitative estimate of drug-likeness (QED) is 0.840. The van der Waals surface area contributed by atoms with Gasteiger partial charge in [0, 0.05) is 0 Å². The number of carbonyl (C=O) groups excluding carboxylic acids is 2. The molecule has 1 aromatic heterocycles. The molecule has 0 aromatic carbocycles. The molecular weight excluding hydrogens is 340 g/mol. The van der Waals surface area contributed by atoms with Gasteiger partial charge in [-0.2, -0.15) is 4.90 Å². The van der Waals surface area contributed by atoms with E-state index in [2.05, 4.69) is 4.98 Å². The zero-order valence-electron chi connectivity index (χ0n) is 16.5. The highest BCUT2D eigenvalue weighted by Crippen LogP contribution is 2.25. The van der Waals surface area contributed by atoms with E-state index in [1.807, 2.05) is 0 Å². The molecule has 1 heterocycles. The van der Waals surface area contributed by atoms with E-state index in [4.69, 9.17) is 9.47 Å². The first-order chi connectivity index (χ1) is 11.6. The third kappa shape index (κ3) is 5.72. The Morgan fingerprint density at radius 1 is 0.962 bits per heavy atom. The molecule has 2 amide bonds. The number of aromatic carboxylic acids is 1. The van der Waals surface area contributed by atoms with Gasteiger partial charge in [-0.3, -0.25) is 0 Å². The number of pyridine rings is 1. The van der Waals surface area contributed by atoms with Gasteiger partial charge in [0.2, 0.25) is 0 Å². The van der Waals surface area contributed by atoms with Crippen molar-refractivity contribution in [1.29, 1.82) is 0 Å². The van der Waals surface area contributed by atoms with Gasteiger partial charge in [0.15, 0.2) is 5.82 Å². The fourth-order valence-electron chi connectivity index (χ4n) is 2.00. The minimum Gasteiger partial charge on any atom is -0.478 e. The van der Waals surface area contributed by atoms with Crippen LogP contribution in [0.4, 0.5) is 15.4 Å². The van der Waals surface area contributed by atoms with Crippen molar-refractivity contribution in [2.45, 2.75) is 66.6 Å². The monoisotopic (exact) mass is 366 g/mol. The minimum absolute atomic E-state index is 0.0143. The van der Waals surface area contributed by atoms with Crippen molar-refractivity contribution < 1.29 is 29.0 Å². The summed E-state index contributed by atoms with van der Waals surface area (Å²) in [5.41, 5.74) is -1.22. The number of hydrogen-bond donors (Lipinski definition) is 1. The molecule has 0 aliphatic carbocycles. The van der Waals surface area contributed by atoms with Gasteiger partial charge in [-0.25, -0.2) is 19.4 Å². The summed E-state index contributed by atoms with van der Waals surface area (Å²) in [6.07, 6.45) is -1.91. The smallest absolute Gasteiger partial charge is 0.425 e. The molecule has 0 saturated carbocycles. The fraction of sp³-hybridized carbons (Fsp3) is 0.556. The molecular formula is C18H26N2O6. The summed E-state index contributed by atoms with van der Waals surface area (Å²) in [6.45, 7) is 13.0. The second-order valence-corrected chi connectivity index (χ2v) is 7.86. The van der Waals surface area contributed by atoms with E-state index in [0.717, 1.165) is 0 Å². The Balaban J connectivity index is 3.45. The Kier molecular flexibility index (Phi) is 6.02. The van der Waals surface area contributed by atoms with Gasteiger partial charge in [-0.15, -0.1) is 0 Å². The van der Waals surface area contributed by atoms with Gasteiger partial charge in [-0.1, -0.05) is 0 Å². The molecule has 0 aliphatic heterocycles. The van der Waals surface area contributed by atoms with Gasteiger partial charge in [-0.05, 0) is 67.0 Å². The summed E-state index contributed by atoms with van der Waals surface area (Å²) in [6, 6.07) is 1.35. The molecule has 8 heteroatoms. The third-order valence-electron chi connectivity index (χ3n) is 2.97. The van der Waals surface area contributed by atoms with Crippen LogP contribution in [-0.2, 0) is 9.47 Å². The van der Waals surface area contributed by atoms with Crippen molar-refractivity contribution in [1.82, 2.24) is 4.98 Å². The zero-order chi connectivity index (χ0) is 20.4. The third-order valence-corrected chi connectivity index (χ3v) is 2.97. The van der Waals surface area contributed by atoms with E-state index in [0.29, 0.717) is 10.5 Å². The molecule has 1 N–H and O–H groups in total. The van der Waals surface area contributed by atoms with E-state index in [1.54, 1.807) is 48.5 Å². The standard InChI is InChI=1S/C18H26N2O6/c1-10-9-12(14(21)22)11(2)19-13(10)20(15(23)25-17(3,4)5)16(24)26-18(6,7)8/h9H,1-8H3,(H,21,22). The molecule has 26 heavy (non-hydrogen) atoms. The van der Waals surface area contributed by atoms with Gasteiger partial charge in [0.25, 0.3) is 0 Å². The van der Waals surface area contributed by atoms with Crippen LogP contribution >= 0.6 is 0 Å². The Morgan fingerprint density at radius 3 is 1.73 bits per heavy atom. The SMILES string of the molecule is Cc1cc(C(=O)O)c(C)nc1N(C(=O)OC(C)(C)C)C(=O)OC(C)(C)C. The Hall–Kier alpha value is -2.64. The number of carboxylic acids is 1. The number of hydrogen-bond acceptors (Lipinski definition) is 6. The van der Waals surface area contributed by atoms with Crippen LogP contribution in [0.1, 0.15) is 63.2 Å². The van der Waals surface area contributed by atoms with Crippen LogP contribution in [0.5, 0.6) is 0 Å². The number of imide groups is 1. The van der Waals surface area contributed by atoms with Crippen molar-refractivity contribution in [2.24, 2.45) is 0 Å². The van der Waals surface area contributed by atoms with Crippen molar-refractivity contribution in [2.75, 3.05) is 4.90 Å². The second kappa shape index (κ2) is 7.31. The number of anilines is 1. The predicted octanol–water partition coefficient (Wildman–Crippen LogP) is 4.07. The molecule has 8 nitrogen and oxygen atoms in total. The molecule has 0 unspecified atom stereocenters. The van der Waals surface area contributed by atoms with Crippen LogP contribution in [-0.4, -0.2) is 39.4 Å². The van der Waals surface area contributed by atoms with Crippen LogP contribution in [0.3, 0.4) is 0 Å². The zero-order valence-corrected chi connectivity index (χ0v) is 16.5.